The summed E-state index contributed by atoms with van der Waals surface area (Å²) in [4.78, 5) is 12.5. The summed E-state index contributed by atoms with van der Waals surface area (Å²) in [6.07, 6.45) is 8.49. The molecule has 3 heterocycles. The van der Waals surface area contributed by atoms with Crippen LogP contribution in [0.25, 0.3) is 0 Å². The number of aryl methyl sites for hydroxylation is 1. The monoisotopic (exact) mass is 542 g/mol. The Morgan fingerprint density at radius 1 is 0.821 bits per heavy atom. The van der Waals surface area contributed by atoms with Crippen LogP contribution in [0, 0.1) is 28.1 Å². The van der Waals surface area contributed by atoms with Crippen LogP contribution in [0.1, 0.15) is 84.9 Å². The molecule has 2 aliphatic heterocycles. The normalized spacial score (nSPS) is 39.5. The number of ether oxygens (including phenoxy) is 4. The number of carbonyl (C=O) groups excluding carboxylic acids is 1. The summed E-state index contributed by atoms with van der Waals surface area (Å²) in [5, 5.41) is 14.0. The molecule has 4 atom stereocenters. The summed E-state index contributed by atoms with van der Waals surface area (Å²) in [5.41, 5.74) is 2.84. The van der Waals surface area contributed by atoms with Crippen LogP contribution < -0.4 is 0 Å². The van der Waals surface area contributed by atoms with Crippen molar-refractivity contribution >= 4 is 5.78 Å². The topological polar surface area (TPSA) is 92.0 Å². The third-order valence-electron chi connectivity index (χ3n) is 12.0. The number of ketones is 1. The van der Waals surface area contributed by atoms with E-state index in [1.807, 2.05) is 18.7 Å². The van der Waals surface area contributed by atoms with E-state index in [0.717, 1.165) is 51.6 Å². The van der Waals surface area contributed by atoms with E-state index in [-0.39, 0.29) is 33.7 Å². The second-order valence-electron chi connectivity index (χ2n) is 14.4. The number of Topliss-reactive ketones (excluding diaryl/α,β-unsaturated/α-hetero) is 1. The van der Waals surface area contributed by atoms with Gasteiger partial charge in [0.15, 0.2) is 17.4 Å². The molecule has 0 amide bonds. The molecule has 5 fully saturated rings. The molecule has 1 aromatic heterocycles. The number of hydrogen-bond donors (Lipinski definition) is 1. The van der Waals surface area contributed by atoms with Gasteiger partial charge in [0.1, 0.15) is 0 Å². The Labute approximate surface area is 232 Å². The van der Waals surface area contributed by atoms with Crippen LogP contribution in [0.15, 0.2) is 18.0 Å². The predicted octanol–water partition coefficient (Wildman–Crippen LogP) is 5.00. The second-order valence-corrected chi connectivity index (χ2v) is 14.4. The van der Waals surface area contributed by atoms with E-state index in [2.05, 4.69) is 40.8 Å². The van der Waals surface area contributed by atoms with Crippen molar-refractivity contribution < 1.29 is 28.8 Å². The maximum atomic E-state index is 12.5. The number of aromatic nitrogens is 2. The molecule has 216 valence electrons. The lowest BCUT2D eigenvalue weighted by molar-refractivity contribution is -0.276. The highest BCUT2D eigenvalue weighted by atomic mass is 16.7. The van der Waals surface area contributed by atoms with Crippen molar-refractivity contribution in [3.05, 3.63) is 29.3 Å². The molecule has 39 heavy (non-hydrogen) atoms. The Morgan fingerprint density at radius 2 is 1.31 bits per heavy atom. The lowest BCUT2D eigenvalue weighted by atomic mass is 9.54. The van der Waals surface area contributed by atoms with Crippen molar-refractivity contribution in [2.24, 2.45) is 35.1 Å². The minimum Gasteiger partial charge on any atom is -0.515 e. The number of hydrogen-bond acceptors (Lipinski definition) is 7. The molecule has 1 aromatic rings. The molecule has 0 unspecified atom stereocenters. The molecule has 0 bridgehead atoms. The molecule has 0 radical (unpaired) electrons. The summed E-state index contributed by atoms with van der Waals surface area (Å²) in [5.74, 6) is -0.134. The summed E-state index contributed by atoms with van der Waals surface area (Å²) in [6, 6.07) is 0. The molecule has 0 aromatic carbocycles. The quantitative estimate of drug-likeness (QED) is 0.364. The largest absolute Gasteiger partial charge is 0.515 e. The minimum atomic E-state index is -0.553. The average molecular weight is 543 g/mol. The van der Waals surface area contributed by atoms with E-state index in [1.54, 1.807) is 0 Å². The summed E-state index contributed by atoms with van der Waals surface area (Å²) in [6.45, 7) is 16.1. The van der Waals surface area contributed by atoms with Crippen molar-refractivity contribution in [2.45, 2.75) is 97.1 Å². The predicted molar refractivity (Wildman–Crippen MR) is 145 cm³/mol. The number of aliphatic hydroxyl groups excluding tert-OH is 1. The Balaban J connectivity index is 0.000000142. The highest BCUT2D eigenvalue weighted by Gasteiger charge is 2.67. The molecule has 2 spiro atoms. The molecule has 2 saturated heterocycles. The lowest BCUT2D eigenvalue weighted by Gasteiger charge is -2.55. The molecule has 3 saturated carbocycles. The number of carbonyl (C=O) groups is 1. The van der Waals surface area contributed by atoms with E-state index >= 15 is 0 Å². The zero-order valence-electron chi connectivity index (χ0n) is 24.8. The summed E-state index contributed by atoms with van der Waals surface area (Å²) in [7, 11) is 2.02. The van der Waals surface area contributed by atoms with Crippen molar-refractivity contribution in [1.82, 2.24) is 9.78 Å². The standard InChI is InChI=1S/C16H24N2O2.C15H22O4/c1-14(2)12-9-11-10-18(4)17-13(11)15(12,3)5-6-16(14)19-7-8-20-16;1-13(2)11-8-10(9-16)12(17)14(11,3)4-5-15(13)18-6-7-19-15/h10,12H,5-9H2,1-4H3;9,11,16H,4-8H2,1-3H3/b;10-9-/t12-,15-;11-,14-/m00/s1. The summed E-state index contributed by atoms with van der Waals surface area (Å²) >= 11 is 0. The van der Waals surface area contributed by atoms with Crippen LogP contribution in [0.5, 0.6) is 0 Å². The molecule has 1 N–H and O–H groups in total. The minimum absolute atomic E-state index is 0.0166. The molecule has 7 rings (SSSR count). The van der Waals surface area contributed by atoms with Gasteiger partial charge in [0.05, 0.1) is 38.4 Å². The summed E-state index contributed by atoms with van der Waals surface area (Å²) < 4.78 is 26.0. The van der Waals surface area contributed by atoms with Gasteiger partial charge in [-0.1, -0.05) is 41.5 Å². The van der Waals surface area contributed by atoms with E-state index in [9.17, 15) is 9.90 Å². The van der Waals surface area contributed by atoms with Crippen LogP contribution in [0.2, 0.25) is 0 Å². The van der Waals surface area contributed by atoms with Crippen molar-refractivity contribution in [3.63, 3.8) is 0 Å². The van der Waals surface area contributed by atoms with Crippen molar-refractivity contribution in [2.75, 3.05) is 26.4 Å². The smallest absolute Gasteiger partial charge is 0.173 e. The Bertz CT molecular complexity index is 1190. The highest BCUT2D eigenvalue weighted by Crippen LogP contribution is 2.65. The molecular weight excluding hydrogens is 496 g/mol. The zero-order valence-corrected chi connectivity index (χ0v) is 24.8. The fourth-order valence-corrected chi connectivity index (χ4v) is 9.60. The number of nitrogens with zero attached hydrogens (tertiary/aromatic N) is 2. The van der Waals surface area contributed by atoms with Gasteiger partial charge in [-0.15, -0.1) is 0 Å². The Kier molecular flexibility index (Phi) is 6.07. The van der Waals surface area contributed by atoms with E-state index in [1.165, 1.54) is 11.3 Å². The van der Waals surface area contributed by atoms with Crippen LogP contribution in [-0.2, 0) is 42.6 Å². The molecule has 4 aliphatic carbocycles. The van der Waals surface area contributed by atoms with E-state index in [4.69, 9.17) is 24.0 Å². The van der Waals surface area contributed by atoms with E-state index < -0.39 is 11.2 Å². The number of aliphatic hydroxyl groups is 1. The maximum Gasteiger partial charge on any atom is 0.173 e. The average Bonchev–Trinajstić information content (AvgIpc) is 3.69. The van der Waals surface area contributed by atoms with Gasteiger partial charge in [-0.3, -0.25) is 9.48 Å². The van der Waals surface area contributed by atoms with Gasteiger partial charge >= 0.3 is 0 Å². The molecule has 8 heteroatoms. The number of allylic oxidation sites excluding steroid dienone is 1. The first-order valence-electron chi connectivity index (χ1n) is 14.7. The lowest BCUT2D eigenvalue weighted by Crippen LogP contribution is -2.59. The third kappa shape index (κ3) is 3.50. The van der Waals surface area contributed by atoms with Gasteiger partial charge in [0.2, 0.25) is 0 Å². The van der Waals surface area contributed by atoms with Gasteiger partial charge < -0.3 is 24.1 Å². The van der Waals surface area contributed by atoms with Gasteiger partial charge in [-0.2, -0.15) is 5.10 Å². The zero-order chi connectivity index (χ0) is 28.1. The van der Waals surface area contributed by atoms with Crippen LogP contribution in [-0.4, -0.2) is 58.7 Å². The highest BCUT2D eigenvalue weighted by molar-refractivity contribution is 6.02. The van der Waals surface area contributed by atoms with Crippen molar-refractivity contribution in [3.8, 4) is 0 Å². The van der Waals surface area contributed by atoms with Crippen LogP contribution in [0.3, 0.4) is 0 Å². The Hall–Kier alpha value is -1.74. The molecular formula is C31H46N2O6. The fraction of sp³-hybridized carbons (Fsp3) is 0.806. The molecule has 8 nitrogen and oxygen atoms in total. The maximum absolute atomic E-state index is 12.5. The van der Waals surface area contributed by atoms with Gasteiger partial charge in [-0.25, -0.2) is 0 Å². The number of fused-ring (bicyclic) bond motifs is 4. The first-order chi connectivity index (χ1) is 18.3. The van der Waals surface area contributed by atoms with Crippen LogP contribution >= 0.6 is 0 Å². The fourth-order valence-electron chi connectivity index (χ4n) is 9.60. The number of rotatable bonds is 0. The van der Waals surface area contributed by atoms with E-state index in [0.29, 0.717) is 31.1 Å². The first kappa shape index (κ1) is 27.4. The third-order valence-corrected chi connectivity index (χ3v) is 12.0. The first-order valence-corrected chi connectivity index (χ1v) is 14.7. The SMILES string of the molecule is CC1(C)[C@@H]2C/C(=C/O)C(=O)[C@@]2(C)CCC12OCCO2.Cn1cc2c(n1)[C@@]1(C)CCC3(OCCO3)C(C)(C)[C@@H]1C2. The van der Waals surface area contributed by atoms with Gasteiger partial charge in [0, 0.05) is 53.3 Å². The van der Waals surface area contributed by atoms with Gasteiger partial charge in [0.25, 0.3) is 0 Å². The van der Waals surface area contributed by atoms with Gasteiger partial charge in [-0.05, 0) is 43.1 Å². The van der Waals surface area contributed by atoms with Crippen LogP contribution in [0.4, 0.5) is 0 Å². The molecule has 6 aliphatic rings. The van der Waals surface area contributed by atoms with Crippen molar-refractivity contribution in [1.29, 1.82) is 0 Å². The Morgan fingerprint density at radius 3 is 1.82 bits per heavy atom. The second kappa shape index (κ2) is 8.63.